The van der Waals surface area contributed by atoms with Crippen molar-refractivity contribution in [1.82, 2.24) is 20.0 Å². The smallest absolute Gasteiger partial charge is 0.256 e. The van der Waals surface area contributed by atoms with Gasteiger partial charge in [0.25, 0.3) is 5.91 Å². The molecule has 5 nitrogen and oxygen atoms in total. The van der Waals surface area contributed by atoms with Crippen LogP contribution >= 0.6 is 12.2 Å². The molecular formula is C22H22N4OS. The number of para-hydroxylation sites is 1. The van der Waals surface area contributed by atoms with E-state index in [2.05, 4.69) is 22.5 Å². The lowest BCUT2D eigenvalue weighted by molar-refractivity contribution is -0.127. The molecule has 1 saturated heterocycles. The Balaban J connectivity index is 1.58. The molecular weight excluding hydrogens is 368 g/mol. The maximum Gasteiger partial charge on any atom is 0.256 e. The first kappa shape index (κ1) is 18.4. The van der Waals surface area contributed by atoms with Gasteiger partial charge in [-0.15, -0.1) is 0 Å². The molecule has 1 amide bonds. The quantitative estimate of drug-likeness (QED) is 0.678. The van der Waals surface area contributed by atoms with Crippen molar-refractivity contribution < 1.29 is 4.79 Å². The first-order valence-corrected chi connectivity index (χ1v) is 9.74. The molecule has 1 atom stereocenters. The number of carbonyl (C=O) groups excluding carboxylic acids is 1. The van der Waals surface area contributed by atoms with Crippen molar-refractivity contribution >= 4 is 23.2 Å². The monoisotopic (exact) mass is 390 g/mol. The van der Waals surface area contributed by atoms with Crippen molar-refractivity contribution in [3.63, 3.8) is 0 Å². The Morgan fingerprint density at radius 1 is 1.04 bits per heavy atom. The van der Waals surface area contributed by atoms with Crippen LogP contribution in [0, 0.1) is 13.8 Å². The molecule has 0 radical (unpaired) electrons. The van der Waals surface area contributed by atoms with Gasteiger partial charge < -0.3 is 5.32 Å². The fraction of sp³-hybridized carbons (Fsp3) is 0.227. The fourth-order valence-corrected chi connectivity index (χ4v) is 4.00. The van der Waals surface area contributed by atoms with E-state index in [1.807, 2.05) is 67.1 Å². The van der Waals surface area contributed by atoms with Gasteiger partial charge in [-0.2, -0.15) is 5.10 Å². The Kier molecular flexibility index (Phi) is 4.96. The van der Waals surface area contributed by atoms with Gasteiger partial charge in [0.15, 0.2) is 5.11 Å². The van der Waals surface area contributed by atoms with E-state index >= 15 is 0 Å². The first-order valence-electron chi connectivity index (χ1n) is 9.33. The largest absolute Gasteiger partial charge is 0.347 e. The molecule has 4 rings (SSSR count). The number of carbonyl (C=O) groups is 1. The van der Waals surface area contributed by atoms with Gasteiger partial charge in [0.2, 0.25) is 0 Å². The number of thiocarbonyl (C=S) groups is 1. The molecule has 2 aromatic carbocycles. The zero-order valence-electron chi connectivity index (χ0n) is 15.9. The van der Waals surface area contributed by atoms with Crippen LogP contribution in [0.2, 0.25) is 0 Å². The third kappa shape index (κ3) is 3.31. The number of rotatable bonds is 5. The standard InChI is InChI=1S/C22H22N4OS/c1-15-19(16(2)26(24-15)18-11-7-4-8-12-18)20-21(27)25(22(28)23-20)14-13-17-9-5-3-6-10-17/h3-12,20H,13-14H2,1-2H3,(H,23,28)/t20-/m0/s1. The summed E-state index contributed by atoms with van der Waals surface area (Å²) in [5.41, 5.74) is 4.84. The van der Waals surface area contributed by atoms with Gasteiger partial charge in [0.05, 0.1) is 11.4 Å². The maximum absolute atomic E-state index is 13.1. The normalized spacial score (nSPS) is 16.5. The highest BCUT2D eigenvalue weighted by atomic mass is 32.1. The minimum atomic E-state index is -0.485. The zero-order chi connectivity index (χ0) is 19.7. The minimum Gasteiger partial charge on any atom is -0.347 e. The van der Waals surface area contributed by atoms with Crippen LogP contribution in [0.25, 0.3) is 5.69 Å². The molecule has 3 aromatic rings. The maximum atomic E-state index is 13.1. The lowest BCUT2D eigenvalue weighted by Gasteiger charge is -2.15. The van der Waals surface area contributed by atoms with Crippen molar-refractivity contribution in [2.75, 3.05) is 6.54 Å². The van der Waals surface area contributed by atoms with Crippen LogP contribution in [-0.4, -0.2) is 32.2 Å². The highest BCUT2D eigenvalue weighted by molar-refractivity contribution is 7.80. The molecule has 1 aliphatic heterocycles. The number of benzene rings is 2. The summed E-state index contributed by atoms with van der Waals surface area (Å²) in [6, 6.07) is 19.6. The number of nitrogens with zero attached hydrogens (tertiary/aromatic N) is 3. The molecule has 2 heterocycles. The molecule has 0 saturated carbocycles. The Bertz CT molecular complexity index is 1010. The molecule has 0 spiro atoms. The highest BCUT2D eigenvalue weighted by Gasteiger charge is 2.39. The van der Waals surface area contributed by atoms with Crippen molar-refractivity contribution in [3.8, 4) is 5.69 Å². The average molecular weight is 391 g/mol. The number of nitrogens with one attached hydrogen (secondary N) is 1. The van der Waals surface area contributed by atoms with E-state index < -0.39 is 6.04 Å². The third-order valence-corrected chi connectivity index (χ3v) is 5.47. The summed E-state index contributed by atoms with van der Waals surface area (Å²) < 4.78 is 1.88. The van der Waals surface area contributed by atoms with Crippen LogP contribution in [0.15, 0.2) is 60.7 Å². The number of aryl methyl sites for hydroxylation is 1. The van der Waals surface area contributed by atoms with E-state index in [1.165, 1.54) is 5.56 Å². The summed E-state index contributed by atoms with van der Waals surface area (Å²) >= 11 is 5.46. The molecule has 28 heavy (non-hydrogen) atoms. The number of hydrogen-bond donors (Lipinski definition) is 1. The lowest BCUT2D eigenvalue weighted by atomic mass is 10.0. The molecule has 0 bridgehead atoms. The molecule has 1 N–H and O–H groups in total. The summed E-state index contributed by atoms with van der Waals surface area (Å²) in [7, 11) is 0. The summed E-state index contributed by atoms with van der Waals surface area (Å²) in [6.07, 6.45) is 0.766. The highest BCUT2D eigenvalue weighted by Crippen LogP contribution is 2.29. The van der Waals surface area contributed by atoms with E-state index in [-0.39, 0.29) is 5.91 Å². The zero-order valence-corrected chi connectivity index (χ0v) is 16.7. The Morgan fingerprint density at radius 3 is 2.36 bits per heavy atom. The van der Waals surface area contributed by atoms with Gasteiger partial charge in [-0.25, -0.2) is 4.68 Å². The van der Waals surface area contributed by atoms with Gasteiger partial charge in [0, 0.05) is 17.8 Å². The van der Waals surface area contributed by atoms with Gasteiger partial charge in [-0.1, -0.05) is 48.5 Å². The van der Waals surface area contributed by atoms with Crippen molar-refractivity contribution in [2.45, 2.75) is 26.3 Å². The second kappa shape index (κ2) is 7.56. The van der Waals surface area contributed by atoms with Crippen LogP contribution in [0.3, 0.4) is 0 Å². The average Bonchev–Trinajstić information content (AvgIpc) is 3.16. The molecule has 1 aliphatic rings. The van der Waals surface area contributed by atoms with Gasteiger partial charge >= 0.3 is 0 Å². The van der Waals surface area contributed by atoms with Crippen LogP contribution in [0.4, 0.5) is 0 Å². The number of aromatic nitrogens is 2. The first-order chi connectivity index (χ1) is 13.6. The lowest BCUT2D eigenvalue weighted by Crippen LogP contribution is -2.32. The van der Waals surface area contributed by atoms with Gasteiger partial charge in [-0.05, 0) is 50.2 Å². The molecule has 0 unspecified atom stereocenters. The summed E-state index contributed by atoms with van der Waals surface area (Å²) in [6.45, 7) is 4.50. The Labute approximate surface area is 170 Å². The predicted molar refractivity (Wildman–Crippen MR) is 113 cm³/mol. The van der Waals surface area contributed by atoms with E-state index in [0.717, 1.165) is 29.1 Å². The van der Waals surface area contributed by atoms with Crippen LogP contribution in [0.5, 0.6) is 0 Å². The summed E-state index contributed by atoms with van der Waals surface area (Å²) in [4.78, 5) is 14.8. The summed E-state index contributed by atoms with van der Waals surface area (Å²) in [5.74, 6) is -0.0141. The van der Waals surface area contributed by atoms with E-state index in [0.29, 0.717) is 11.7 Å². The SMILES string of the molecule is Cc1nn(-c2ccccc2)c(C)c1[C@@H]1NC(=S)N(CCc2ccccc2)C1=O. The topological polar surface area (TPSA) is 50.2 Å². The molecule has 6 heteroatoms. The van der Waals surface area contributed by atoms with E-state index in [9.17, 15) is 4.79 Å². The Hall–Kier alpha value is -2.99. The Morgan fingerprint density at radius 2 is 1.68 bits per heavy atom. The molecule has 142 valence electrons. The van der Waals surface area contributed by atoms with Crippen molar-refractivity contribution in [2.24, 2.45) is 0 Å². The van der Waals surface area contributed by atoms with Gasteiger partial charge in [-0.3, -0.25) is 9.69 Å². The number of hydrogen-bond acceptors (Lipinski definition) is 3. The van der Waals surface area contributed by atoms with Gasteiger partial charge in [0.1, 0.15) is 6.04 Å². The van der Waals surface area contributed by atoms with Crippen LogP contribution in [0.1, 0.15) is 28.6 Å². The van der Waals surface area contributed by atoms with Crippen LogP contribution in [-0.2, 0) is 11.2 Å². The van der Waals surface area contributed by atoms with E-state index in [1.54, 1.807) is 4.90 Å². The second-order valence-electron chi connectivity index (χ2n) is 6.94. The van der Waals surface area contributed by atoms with Crippen LogP contribution < -0.4 is 5.32 Å². The minimum absolute atomic E-state index is 0.0141. The molecule has 1 fully saturated rings. The van der Waals surface area contributed by atoms with E-state index in [4.69, 9.17) is 12.2 Å². The fourth-order valence-electron chi connectivity index (χ4n) is 3.71. The molecule has 0 aliphatic carbocycles. The second-order valence-corrected chi connectivity index (χ2v) is 7.33. The summed E-state index contributed by atoms with van der Waals surface area (Å²) in [5, 5.41) is 8.36. The predicted octanol–water partition coefficient (Wildman–Crippen LogP) is 3.49. The van der Waals surface area contributed by atoms with Crippen molar-refractivity contribution in [3.05, 3.63) is 83.2 Å². The molecule has 1 aromatic heterocycles. The number of amides is 1. The van der Waals surface area contributed by atoms with Crippen molar-refractivity contribution in [1.29, 1.82) is 0 Å². The third-order valence-electron chi connectivity index (χ3n) is 5.13.